The molecule has 2 aromatic rings. The lowest BCUT2D eigenvalue weighted by Crippen LogP contribution is -2.29. The molecule has 124 valence electrons. The smallest absolute Gasteiger partial charge is 0.260 e. The van der Waals surface area contributed by atoms with Crippen LogP contribution in [0.2, 0.25) is 0 Å². The lowest BCUT2D eigenvalue weighted by atomic mass is 10.2. The average Bonchev–Trinajstić information content (AvgIpc) is 2.99. The molecule has 0 bridgehead atoms. The summed E-state index contributed by atoms with van der Waals surface area (Å²) in [7, 11) is 0. The second-order valence-electron chi connectivity index (χ2n) is 5.88. The van der Waals surface area contributed by atoms with Gasteiger partial charge in [-0.3, -0.25) is 14.4 Å². The Morgan fingerprint density at radius 1 is 1.17 bits per heavy atom. The van der Waals surface area contributed by atoms with E-state index in [4.69, 9.17) is 0 Å². The third-order valence-corrected chi connectivity index (χ3v) is 4.07. The first-order valence-corrected chi connectivity index (χ1v) is 7.92. The Labute approximate surface area is 139 Å². The monoisotopic (exact) mass is 325 g/mol. The van der Waals surface area contributed by atoms with Crippen LogP contribution in [0.1, 0.15) is 34.5 Å². The summed E-state index contributed by atoms with van der Waals surface area (Å²) in [6.07, 6.45) is 1.49. The summed E-state index contributed by atoms with van der Waals surface area (Å²) in [4.78, 5) is 39.9. The van der Waals surface area contributed by atoms with Gasteiger partial charge in [-0.25, -0.2) is 0 Å². The van der Waals surface area contributed by atoms with Crippen molar-refractivity contribution in [1.29, 1.82) is 0 Å². The Kier molecular flexibility index (Phi) is 4.46. The highest BCUT2D eigenvalue weighted by molar-refractivity contribution is 5.95. The molecular formula is C18H19N3O3. The zero-order valence-electron chi connectivity index (χ0n) is 13.5. The molecule has 2 heterocycles. The molecule has 2 N–H and O–H groups in total. The number of carbonyl (C=O) groups is 2. The van der Waals surface area contributed by atoms with E-state index in [0.717, 1.165) is 24.2 Å². The Hall–Kier alpha value is -2.89. The molecule has 6 heteroatoms. The molecule has 2 amide bonds. The van der Waals surface area contributed by atoms with Crippen molar-refractivity contribution in [3.63, 3.8) is 0 Å². The molecule has 0 atom stereocenters. The van der Waals surface area contributed by atoms with E-state index in [-0.39, 0.29) is 11.5 Å². The second kappa shape index (κ2) is 6.70. The molecule has 1 fully saturated rings. The fraction of sp³-hybridized carbons (Fsp3) is 0.278. The summed E-state index contributed by atoms with van der Waals surface area (Å²) in [5, 5.41) is 2.73. The number of aromatic amines is 1. The SMILES string of the molecule is Cc1ccc(C(=O)NCc2ccc(N3CCCC3=O)cc2)c(=O)[nH]1. The van der Waals surface area contributed by atoms with Gasteiger partial charge in [0.05, 0.1) is 0 Å². The number of hydrogen-bond donors (Lipinski definition) is 2. The minimum Gasteiger partial charge on any atom is -0.348 e. The van der Waals surface area contributed by atoms with Crippen molar-refractivity contribution in [3.8, 4) is 0 Å². The third-order valence-electron chi connectivity index (χ3n) is 4.07. The van der Waals surface area contributed by atoms with Crippen LogP contribution in [-0.2, 0) is 11.3 Å². The second-order valence-corrected chi connectivity index (χ2v) is 5.88. The first kappa shape index (κ1) is 16.0. The molecule has 0 aliphatic carbocycles. The fourth-order valence-electron chi connectivity index (χ4n) is 2.74. The van der Waals surface area contributed by atoms with E-state index in [9.17, 15) is 14.4 Å². The maximum atomic E-state index is 12.1. The molecule has 0 saturated carbocycles. The maximum Gasteiger partial charge on any atom is 0.260 e. The molecule has 0 unspecified atom stereocenters. The van der Waals surface area contributed by atoms with Crippen LogP contribution in [0.25, 0.3) is 0 Å². The normalized spacial score (nSPS) is 14.0. The summed E-state index contributed by atoms with van der Waals surface area (Å²) in [6.45, 7) is 2.83. The van der Waals surface area contributed by atoms with Crippen molar-refractivity contribution < 1.29 is 9.59 Å². The highest BCUT2D eigenvalue weighted by Crippen LogP contribution is 2.21. The first-order chi connectivity index (χ1) is 11.5. The highest BCUT2D eigenvalue weighted by atomic mass is 16.2. The van der Waals surface area contributed by atoms with Crippen LogP contribution in [0.4, 0.5) is 5.69 Å². The Balaban J connectivity index is 1.63. The number of aromatic nitrogens is 1. The van der Waals surface area contributed by atoms with Crippen molar-refractivity contribution >= 4 is 17.5 Å². The van der Waals surface area contributed by atoms with Crippen molar-refractivity contribution in [2.45, 2.75) is 26.3 Å². The number of benzene rings is 1. The Morgan fingerprint density at radius 3 is 2.54 bits per heavy atom. The van der Waals surface area contributed by atoms with Crippen LogP contribution < -0.4 is 15.8 Å². The average molecular weight is 325 g/mol. The number of carbonyl (C=O) groups excluding carboxylic acids is 2. The van der Waals surface area contributed by atoms with Gasteiger partial charge >= 0.3 is 0 Å². The third kappa shape index (κ3) is 3.37. The molecular weight excluding hydrogens is 306 g/mol. The standard InChI is InChI=1S/C18H19N3O3/c1-12-4-9-15(18(24)20-12)17(23)19-11-13-5-7-14(8-6-13)21-10-2-3-16(21)22/h4-9H,2-3,10-11H2,1H3,(H,19,23)(H,20,24). The molecule has 3 rings (SSSR count). The lowest BCUT2D eigenvalue weighted by molar-refractivity contribution is -0.117. The lowest BCUT2D eigenvalue weighted by Gasteiger charge is -2.16. The molecule has 0 spiro atoms. The largest absolute Gasteiger partial charge is 0.348 e. The summed E-state index contributed by atoms with van der Waals surface area (Å²) in [6, 6.07) is 10.7. The van der Waals surface area contributed by atoms with E-state index >= 15 is 0 Å². The van der Waals surface area contributed by atoms with Gasteiger partial charge < -0.3 is 15.2 Å². The summed E-state index contributed by atoms with van der Waals surface area (Å²) >= 11 is 0. The van der Waals surface area contributed by atoms with E-state index in [1.807, 2.05) is 24.3 Å². The minimum atomic E-state index is -0.407. The number of H-pyrrole nitrogens is 1. The number of rotatable bonds is 4. The van der Waals surface area contributed by atoms with Crippen LogP contribution in [0.15, 0.2) is 41.2 Å². The highest BCUT2D eigenvalue weighted by Gasteiger charge is 2.21. The van der Waals surface area contributed by atoms with Gasteiger partial charge in [-0.1, -0.05) is 12.1 Å². The van der Waals surface area contributed by atoms with Gasteiger partial charge in [0, 0.05) is 30.9 Å². The van der Waals surface area contributed by atoms with Gasteiger partial charge in [-0.05, 0) is 43.2 Å². The number of nitrogens with one attached hydrogen (secondary N) is 2. The number of nitrogens with zero attached hydrogens (tertiary/aromatic N) is 1. The maximum absolute atomic E-state index is 12.1. The van der Waals surface area contributed by atoms with Crippen LogP contribution >= 0.6 is 0 Å². The quantitative estimate of drug-likeness (QED) is 0.898. The van der Waals surface area contributed by atoms with Crippen molar-refractivity contribution in [2.24, 2.45) is 0 Å². The Bertz CT molecular complexity index is 824. The van der Waals surface area contributed by atoms with Gasteiger partial charge in [-0.15, -0.1) is 0 Å². The fourth-order valence-corrected chi connectivity index (χ4v) is 2.74. The van der Waals surface area contributed by atoms with Crippen LogP contribution in [0.3, 0.4) is 0 Å². The molecule has 1 aliphatic rings. The van der Waals surface area contributed by atoms with Gasteiger partial charge in [0.2, 0.25) is 5.91 Å². The zero-order chi connectivity index (χ0) is 17.1. The van der Waals surface area contributed by atoms with Gasteiger partial charge in [0.1, 0.15) is 5.56 Å². The molecule has 6 nitrogen and oxygen atoms in total. The summed E-state index contributed by atoms with van der Waals surface area (Å²) < 4.78 is 0. The number of anilines is 1. The minimum absolute atomic E-state index is 0.0971. The molecule has 1 aliphatic heterocycles. The molecule has 0 radical (unpaired) electrons. The van der Waals surface area contributed by atoms with Crippen molar-refractivity contribution in [2.75, 3.05) is 11.4 Å². The summed E-state index contributed by atoms with van der Waals surface area (Å²) in [5.74, 6) is -0.260. The van der Waals surface area contributed by atoms with E-state index in [1.165, 1.54) is 6.07 Å². The van der Waals surface area contributed by atoms with E-state index in [1.54, 1.807) is 17.9 Å². The van der Waals surface area contributed by atoms with E-state index < -0.39 is 11.5 Å². The van der Waals surface area contributed by atoms with E-state index in [2.05, 4.69) is 10.3 Å². The molecule has 1 aromatic heterocycles. The van der Waals surface area contributed by atoms with Gasteiger partial charge in [0.15, 0.2) is 0 Å². The van der Waals surface area contributed by atoms with Crippen molar-refractivity contribution in [1.82, 2.24) is 10.3 Å². The number of pyridine rings is 1. The van der Waals surface area contributed by atoms with Gasteiger partial charge in [-0.2, -0.15) is 0 Å². The van der Waals surface area contributed by atoms with Crippen molar-refractivity contribution in [3.05, 3.63) is 63.6 Å². The molecule has 24 heavy (non-hydrogen) atoms. The molecule has 1 aromatic carbocycles. The topological polar surface area (TPSA) is 82.3 Å². The number of hydrogen-bond acceptors (Lipinski definition) is 3. The van der Waals surface area contributed by atoms with Gasteiger partial charge in [0.25, 0.3) is 11.5 Å². The zero-order valence-corrected chi connectivity index (χ0v) is 13.5. The number of aryl methyl sites for hydroxylation is 1. The molecule has 1 saturated heterocycles. The predicted octanol–water partition coefficient (Wildman–Crippen LogP) is 1.74. The Morgan fingerprint density at radius 2 is 1.92 bits per heavy atom. The first-order valence-electron chi connectivity index (χ1n) is 7.92. The van der Waals surface area contributed by atoms with Crippen LogP contribution in [-0.4, -0.2) is 23.3 Å². The number of amides is 2. The summed E-state index contributed by atoms with van der Waals surface area (Å²) in [5.41, 5.74) is 2.20. The predicted molar refractivity (Wildman–Crippen MR) is 91.0 cm³/mol. The van der Waals surface area contributed by atoms with E-state index in [0.29, 0.717) is 18.7 Å². The van der Waals surface area contributed by atoms with Crippen LogP contribution in [0, 0.1) is 6.92 Å². The van der Waals surface area contributed by atoms with Crippen LogP contribution in [0.5, 0.6) is 0 Å².